The molecule has 3 rings (SSSR count). The van der Waals surface area contributed by atoms with Gasteiger partial charge >= 0.3 is 0 Å². The summed E-state index contributed by atoms with van der Waals surface area (Å²) in [5, 5.41) is 9.63. The number of ketones is 1. The number of nitrogens with zero attached hydrogens (tertiary/aromatic N) is 4. The van der Waals surface area contributed by atoms with Crippen molar-refractivity contribution in [3.8, 4) is 6.07 Å². The van der Waals surface area contributed by atoms with Crippen molar-refractivity contribution in [3.63, 3.8) is 0 Å². The van der Waals surface area contributed by atoms with Crippen LogP contribution in [0.1, 0.15) is 54.8 Å². The fourth-order valence-corrected chi connectivity index (χ4v) is 3.42. The van der Waals surface area contributed by atoms with E-state index in [2.05, 4.69) is 45.5 Å². The van der Waals surface area contributed by atoms with Gasteiger partial charge in [0.2, 0.25) is 5.78 Å². The number of aryl methyl sites for hydroxylation is 1. The Balaban J connectivity index is 0.00000137. The smallest absolute Gasteiger partial charge is 0.230 e. The van der Waals surface area contributed by atoms with E-state index in [1.54, 1.807) is 0 Å². The Bertz CT molecular complexity index is 1190. The van der Waals surface area contributed by atoms with E-state index in [9.17, 15) is 4.79 Å². The molecule has 0 saturated carbocycles. The third kappa shape index (κ3) is 7.01. The highest BCUT2D eigenvalue weighted by molar-refractivity contribution is 6.14. The van der Waals surface area contributed by atoms with Crippen molar-refractivity contribution < 1.29 is 4.79 Å². The standard InChI is InChI=1S/C24H25N5O.C2H6.C2H4/c1-4-18(9-7-8-13-25)15-29-16-20(19-10-5-6-11-22(19)29)23(30)24-27-17(2)21(28-24)12-14-26-3;2*1-2/h4-7,9-11,16H,3,8,12,14-15H2,1-2H3,(H,27,28);1-2H3;1-2H2/b9-7-,18-4+;;. The molecule has 0 unspecified atom stereocenters. The molecule has 6 nitrogen and oxygen atoms in total. The molecule has 0 atom stereocenters. The molecular weight excluding hydrogens is 422 g/mol. The maximum Gasteiger partial charge on any atom is 0.230 e. The van der Waals surface area contributed by atoms with Gasteiger partial charge in [0.25, 0.3) is 0 Å². The molecule has 0 bridgehead atoms. The van der Waals surface area contributed by atoms with E-state index in [-0.39, 0.29) is 5.78 Å². The Morgan fingerprint density at radius 1 is 1.29 bits per heavy atom. The lowest BCUT2D eigenvalue weighted by atomic mass is 10.1. The molecule has 0 spiro atoms. The highest BCUT2D eigenvalue weighted by atomic mass is 16.1. The normalized spacial score (nSPS) is 10.7. The number of imidazole rings is 1. The monoisotopic (exact) mass is 457 g/mol. The van der Waals surface area contributed by atoms with Crippen LogP contribution in [-0.2, 0) is 13.0 Å². The molecule has 0 fully saturated rings. The second-order valence-electron chi connectivity index (χ2n) is 7.00. The first-order chi connectivity index (χ1) is 16.6. The predicted octanol–water partition coefficient (Wildman–Crippen LogP) is 6.39. The molecule has 0 amide bonds. The molecule has 1 N–H and O–H groups in total. The van der Waals surface area contributed by atoms with Gasteiger partial charge in [-0.1, -0.05) is 50.3 Å². The summed E-state index contributed by atoms with van der Waals surface area (Å²) in [6.07, 6.45) is 8.72. The van der Waals surface area contributed by atoms with Crippen molar-refractivity contribution in [2.24, 2.45) is 4.99 Å². The zero-order chi connectivity index (χ0) is 25.5. The van der Waals surface area contributed by atoms with E-state index in [1.165, 1.54) is 0 Å². The van der Waals surface area contributed by atoms with Gasteiger partial charge in [0, 0.05) is 42.3 Å². The summed E-state index contributed by atoms with van der Waals surface area (Å²) in [5.41, 5.74) is 4.38. The molecule has 2 aromatic heterocycles. The third-order valence-electron chi connectivity index (χ3n) is 5.01. The number of hydrogen-bond acceptors (Lipinski definition) is 4. The number of aromatic nitrogens is 3. The van der Waals surface area contributed by atoms with Crippen molar-refractivity contribution in [2.75, 3.05) is 6.54 Å². The predicted molar refractivity (Wildman–Crippen MR) is 143 cm³/mol. The number of para-hydroxylation sites is 1. The third-order valence-corrected chi connectivity index (χ3v) is 5.01. The van der Waals surface area contributed by atoms with Crippen LogP contribution < -0.4 is 0 Å². The van der Waals surface area contributed by atoms with Gasteiger partial charge in [-0.15, -0.1) is 13.2 Å². The van der Waals surface area contributed by atoms with Crippen molar-refractivity contribution in [1.82, 2.24) is 14.5 Å². The van der Waals surface area contributed by atoms with Crippen LogP contribution in [0.4, 0.5) is 0 Å². The quantitative estimate of drug-likeness (QED) is 0.175. The van der Waals surface area contributed by atoms with E-state index < -0.39 is 0 Å². The number of aliphatic imine (C=N–C) groups is 1. The molecule has 0 aliphatic rings. The maximum atomic E-state index is 13.3. The number of carbonyl (C=O) groups is 1. The molecule has 6 heteroatoms. The number of benzene rings is 1. The Kier molecular flexibility index (Phi) is 12.3. The molecule has 3 aromatic rings. The summed E-state index contributed by atoms with van der Waals surface area (Å²) in [7, 11) is 0. The largest absolute Gasteiger partial charge is 0.342 e. The van der Waals surface area contributed by atoms with Crippen molar-refractivity contribution in [1.29, 1.82) is 5.26 Å². The van der Waals surface area contributed by atoms with E-state index >= 15 is 0 Å². The first-order valence-corrected chi connectivity index (χ1v) is 11.4. The number of rotatable bonds is 9. The number of nitrogens with one attached hydrogen (secondary N) is 1. The second-order valence-corrected chi connectivity index (χ2v) is 7.00. The first kappa shape index (κ1) is 28.1. The fraction of sp³-hybridized carbons (Fsp3) is 0.286. The van der Waals surface area contributed by atoms with Gasteiger partial charge in [-0.3, -0.25) is 4.79 Å². The number of carbonyl (C=O) groups excluding carboxylic acids is 1. The zero-order valence-corrected chi connectivity index (χ0v) is 20.8. The number of allylic oxidation sites excluding steroid dienone is 4. The van der Waals surface area contributed by atoms with E-state index in [0.29, 0.717) is 37.3 Å². The summed E-state index contributed by atoms with van der Waals surface area (Å²) in [6, 6.07) is 9.97. The minimum absolute atomic E-state index is 0.132. The van der Waals surface area contributed by atoms with E-state index in [4.69, 9.17) is 5.26 Å². The molecule has 0 radical (unpaired) electrons. The Labute approximate surface area is 203 Å². The lowest BCUT2D eigenvalue weighted by Crippen LogP contribution is -2.04. The fourth-order valence-electron chi connectivity index (χ4n) is 3.42. The van der Waals surface area contributed by atoms with Crippen LogP contribution in [0.5, 0.6) is 0 Å². The van der Waals surface area contributed by atoms with Crippen LogP contribution in [0.25, 0.3) is 10.9 Å². The van der Waals surface area contributed by atoms with Crippen LogP contribution >= 0.6 is 0 Å². The molecular formula is C28H35N5O. The van der Waals surface area contributed by atoms with Crippen LogP contribution in [0.2, 0.25) is 0 Å². The van der Waals surface area contributed by atoms with Crippen LogP contribution in [0.3, 0.4) is 0 Å². The van der Waals surface area contributed by atoms with Crippen molar-refractivity contribution >= 4 is 23.4 Å². The summed E-state index contributed by atoms with van der Waals surface area (Å²) in [6.45, 7) is 18.6. The van der Waals surface area contributed by atoms with E-state index in [0.717, 1.165) is 27.9 Å². The lowest BCUT2D eigenvalue weighted by molar-refractivity contribution is 0.103. The SMILES string of the molecule is C=C.C=NCCc1nc(C(=O)c2cn(CC(/C=C\CC#N)=C/C)c3ccccc23)[nH]c1C.CC. The number of fused-ring (bicyclic) bond motifs is 1. The minimum atomic E-state index is -0.132. The maximum absolute atomic E-state index is 13.3. The molecule has 0 aliphatic carbocycles. The van der Waals surface area contributed by atoms with Gasteiger partial charge in [0.15, 0.2) is 5.82 Å². The molecule has 2 heterocycles. The average Bonchev–Trinajstić information content (AvgIpc) is 3.44. The summed E-state index contributed by atoms with van der Waals surface area (Å²) in [4.78, 5) is 24.8. The molecule has 1 aromatic carbocycles. The second kappa shape index (κ2) is 15.0. The van der Waals surface area contributed by atoms with Crippen LogP contribution in [0, 0.1) is 18.3 Å². The first-order valence-electron chi connectivity index (χ1n) is 11.4. The van der Waals surface area contributed by atoms with E-state index in [1.807, 2.05) is 76.4 Å². The summed E-state index contributed by atoms with van der Waals surface area (Å²) in [5.74, 6) is 0.211. The van der Waals surface area contributed by atoms with Gasteiger partial charge in [0.1, 0.15) is 0 Å². The van der Waals surface area contributed by atoms with Crippen molar-refractivity contribution in [2.45, 2.75) is 47.1 Å². The number of hydrogen-bond donors (Lipinski definition) is 1. The highest BCUT2D eigenvalue weighted by Crippen LogP contribution is 2.25. The van der Waals surface area contributed by atoms with Gasteiger partial charge in [-0.2, -0.15) is 5.26 Å². The van der Waals surface area contributed by atoms with Crippen LogP contribution in [0.15, 0.2) is 72.4 Å². The number of nitriles is 1. The van der Waals surface area contributed by atoms with Gasteiger partial charge in [-0.25, -0.2) is 4.98 Å². The van der Waals surface area contributed by atoms with Gasteiger partial charge in [0.05, 0.1) is 23.7 Å². The summed E-state index contributed by atoms with van der Waals surface area (Å²) < 4.78 is 2.06. The number of aromatic amines is 1. The van der Waals surface area contributed by atoms with Gasteiger partial charge in [-0.05, 0) is 32.2 Å². The Hall–Kier alpha value is -3.98. The highest BCUT2D eigenvalue weighted by Gasteiger charge is 2.20. The van der Waals surface area contributed by atoms with Crippen molar-refractivity contribution in [3.05, 3.63) is 90.2 Å². The lowest BCUT2D eigenvalue weighted by Gasteiger charge is -2.06. The topological polar surface area (TPSA) is 86.8 Å². The molecule has 0 aliphatic heterocycles. The summed E-state index contributed by atoms with van der Waals surface area (Å²) >= 11 is 0. The van der Waals surface area contributed by atoms with Crippen LogP contribution in [-0.4, -0.2) is 33.6 Å². The zero-order valence-electron chi connectivity index (χ0n) is 20.8. The average molecular weight is 458 g/mol. The van der Waals surface area contributed by atoms with Gasteiger partial charge < -0.3 is 14.5 Å². The minimum Gasteiger partial charge on any atom is -0.342 e. The number of H-pyrrole nitrogens is 1. The molecule has 178 valence electrons. The molecule has 34 heavy (non-hydrogen) atoms. The Morgan fingerprint density at radius 3 is 2.65 bits per heavy atom. The Morgan fingerprint density at radius 2 is 2.00 bits per heavy atom. The molecule has 0 saturated heterocycles.